The highest BCUT2D eigenvalue weighted by Gasteiger charge is 2.18. The average Bonchev–Trinajstić information content (AvgIpc) is 3.28. The molecule has 0 N–H and O–H groups in total. The SMILES string of the molecule is CCCCCCCCCCCCC(CCCCCCCCCC)C(=O)Cc1ccsc1. The summed E-state index contributed by atoms with van der Waals surface area (Å²) in [7, 11) is 0. The summed E-state index contributed by atoms with van der Waals surface area (Å²) in [4.78, 5) is 12.9. The highest BCUT2D eigenvalue weighted by atomic mass is 32.1. The van der Waals surface area contributed by atoms with Crippen LogP contribution in [0.15, 0.2) is 16.8 Å². The Morgan fingerprint density at radius 2 is 1.10 bits per heavy atom. The molecule has 0 spiro atoms. The van der Waals surface area contributed by atoms with E-state index in [1.54, 1.807) is 11.3 Å². The van der Waals surface area contributed by atoms with Gasteiger partial charge in [-0.15, -0.1) is 0 Å². The Kier molecular flexibility index (Phi) is 19.4. The maximum atomic E-state index is 12.9. The monoisotopic (exact) mass is 448 g/mol. The molecule has 0 fully saturated rings. The Balaban J connectivity index is 2.19. The maximum absolute atomic E-state index is 12.9. The van der Waals surface area contributed by atoms with E-state index in [4.69, 9.17) is 0 Å². The molecule has 0 radical (unpaired) electrons. The van der Waals surface area contributed by atoms with E-state index in [-0.39, 0.29) is 0 Å². The molecule has 1 aromatic rings. The molecule has 1 aromatic heterocycles. The van der Waals surface area contributed by atoms with Gasteiger partial charge < -0.3 is 0 Å². The molecule has 1 rings (SSSR count). The smallest absolute Gasteiger partial charge is 0.140 e. The summed E-state index contributed by atoms with van der Waals surface area (Å²) >= 11 is 1.71. The molecule has 0 aliphatic heterocycles. The van der Waals surface area contributed by atoms with E-state index in [2.05, 4.69) is 30.7 Å². The van der Waals surface area contributed by atoms with E-state index >= 15 is 0 Å². The molecular formula is C29H52OS. The maximum Gasteiger partial charge on any atom is 0.140 e. The summed E-state index contributed by atoms with van der Waals surface area (Å²) in [6.45, 7) is 4.56. The van der Waals surface area contributed by atoms with E-state index in [0.717, 1.165) is 12.8 Å². The lowest BCUT2D eigenvalue weighted by Crippen LogP contribution is -2.17. The minimum absolute atomic E-state index is 0.300. The fourth-order valence-electron chi connectivity index (χ4n) is 4.61. The van der Waals surface area contributed by atoms with Crippen molar-refractivity contribution in [2.75, 3.05) is 0 Å². The van der Waals surface area contributed by atoms with Gasteiger partial charge >= 0.3 is 0 Å². The summed E-state index contributed by atoms with van der Waals surface area (Å²) in [5.74, 6) is 0.798. The number of hydrogen-bond donors (Lipinski definition) is 0. The van der Waals surface area contributed by atoms with Crippen LogP contribution in [-0.2, 0) is 11.2 Å². The fourth-order valence-corrected chi connectivity index (χ4v) is 5.28. The van der Waals surface area contributed by atoms with Crippen molar-refractivity contribution in [3.05, 3.63) is 22.4 Å². The number of unbranched alkanes of at least 4 members (excludes halogenated alkanes) is 16. The molecule has 2 heteroatoms. The second-order valence-electron chi connectivity index (χ2n) is 9.71. The zero-order chi connectivity index (χ0) is 22.4. The van der Waals surface area contributed by atoms with E-state index in [0.29, 0.717) is 18.1 Å². The van der Waals surface area contributed by atoms with Gasteiger partial charge in [-0.1, -0.05) is 129 Å². The standard InChI is InChI=1S/C29H52OS/c1-3-5-7-9-11-13-14-16-18-20-22-28(29(30)25-27-23-24-31-26-27)21-19-17-15-12-10-8-6-4-2/h23-24,26,28H,3-22,25H2,1-2H3. The molecule has 0 aromatic carbocycles. The Morgan fingerprint density at radius 1 is 0.677 bits per heavy atom. The predicted molar refractivity (Wildman–Crippen MR) is 140 cm³/mol. The lowest BCUT2D eigenvalue weighted by Gasteiger charge is -2.16. The van der Waals surface area contributed by atoms with Crippen LogP contribution < -0.4 is 0 Å². The molecule has 0 amide bonds. The molecule has 1 atom stereocenters. The lowest BCUT2D eigenvalue weighted by atomic mass is 9.88. The number of carbonyl (C=O) groups excluding carboxylic acids is 1. The van der Waals surface area contributed by atoms with Crippen LogP contribution in [0, 0.1) is 5.92 Å². The molecule has 31 heavy (non-hydrogen) atoms. The normalized spacial score (nSPS) is 12.3. The average molecular weight is 449 g/mol. The number of carbonyl (C=O) groups is 1. The third-order valence-corrected chi connectivity index (χ3v) is 7.46. The summed E-state index contributed by atoms with van der Waals surface area (Å²) in [6, 6.07) is 2.12. The van der Waals surface area contributed by atoms with Crippen LogP contribution in [0.2, 0.25) is 0 Å². The molecule has 0 saturated heterocycles. The van der Waals surface area contributed by atoms with Crippen LogP contribution >= 0.6 is 11.3 Å². The first-order valence-corrected chi connectivity index (χ1v) is 14.8. The molecule has 1 nitrogen and oxygen atoms in total. The minimum Gasteiger partial charge on any atom is -0.299 e. The predicted octanol–water partition coefficient (Wildman–Crippen LogP) is 10.3. The van der Waals surface area contributed by atoms with E-state index < -0.39 is 0 Å². The van der Waals surface area contributed by atoms with Crippen molar-refractivity contribution >= 4 is 17.1 Å². The quantitative estimate of drug-likeness (QED) is 0.152. The fraction of sp³-hybridized carbons (Fsp3) is 0.828. The molecule has 1 heterocycles. The molecule has 0 bridgehead atoms. The molecular weight excluding hydrogens is 396 g/mol. The second-order valence-corrected chi connectivity index (χ2v) is 10.5. The number of ketones is 1. The van der Waals surface area contributed by atoms with E-state index in [1.807, 2.05) is 0 Å². The van der Waals surface area contributed by atoms with Gasteiger partial charge in [0.2, 0.25) is 0 Å². The third-order valence-electron chi connectivity index (χ3n) is 6.73. The molecule has 0 aliphatic carbocycles. The van der Waals surface area contributed by atoms with Crippen molar-refractivity contribution in [1.29, 1.82) is 0 Å². The van der Waals surface area contributed by atoms with Gasteiger partial charge in [0.25, 0.3) is 0 Å². The number of thiophene rings is 1. The van der Waals surface area contributed by atoms with Crippen molar-refractivity contribution < 1.29 is 4.79 Å². The third kappa shape index (κ3) is 16.6. The van der Waals surface area contributed by atoms with E-state index in [9.17, 15) is 4.79 Å². The van der Waals surface area contributed by atoms with Crippen LogP contribution in [0.1, 0.15) is 148 Å². The van der Waals surface area contributed by atoms with Crippen LogP contribution in [-0.4, -0.2) is 5.78 Å². The lowest BCUT2D eigenvalue weighted by molar-refractivity contribution is -0.122. The van der Waals surface area contributed by atoms with Crippen molar-refractivity contribution in [3.8, 4) is 0 Å². The van der Waals surface area contributed by atoms with Gasteiger partial charge in [0.15, 0.2) is 0 Å². The number of rotatable bonds is 23. The van der Waals surface area contributed by atoms with Crippen molar-refractivity contribution in [2.24, 2.45) is 5.92 Å². The van der Waals surface area contributed by atoms with Gasteiger partial charge in [-0.05, 0) is 35.2 Å². The zero-order valence-corrected chi connectivity index (χ0v) is 21.8. The van der Waals surface area contributed by atoms with Gasteiger partial charge in [-0.2, -0.15) is 11.3 Å². The van der Waals surface area contributed by atoms with Gasteiger partial charge in [0, 0.05) is 12.3 Å². The Labute approximate surface area is 198 Å². The summed E-state index contributed by atoms with van der Waals surface area (Å²) < 4.78 is 0. The largest absolute Gasteiger partial charge is 0.299 e. The topological polar surface area (TPSA) is 17.1 Å². The van der Waals surface area contributed by atoms with Crippen LogP contribution in [0.4, 0.5) is 0 Å². The first-order valence-electron chi connectivity index (χ1n) is 13.8. The summed E-state index contributed by atoms with van der Waals surface area (Å²) in [6.07, 6.45) is 27.4. The zero-order valence-electron chi connectivity index (χ0n) is 21.0. The first-order chi connectivity index (χ1) is 15.3. The molecule has 1 unspecified atom stereocenters. The Bertz CT molecular complexity index is 493. The molecule has 0 aliphatic rings. The summed E-state index contributed by atoms with van der Waals surface area (Å²) in [5.41, 5.74) is 1.22. The van der Waals surface area contributed by atoms with Gasteiger partial charge in [-0.25, -0.2) is 0 Å². The highest BCUT2D eigenvalue weighted by Crippen LogP contribution is 2.22. The molecule has 0 saturated carbocycles. The van der Waals surface area contributed by atoms with Crippen LogP contribution in [0.3, 0.4) is 0 Å². The van der Waals surface area contributed by atoms with Gasteiger partial charge in [-0.3, -0.25) is 4.79 Å². The first kappa shape index (κ1) is 28.4. The summed E-state index contributed by atoms with van der Waals surface area (Å²) in [5, 5.41) is 4.24. The highest BCUT2D eigenvalue weighted by molar-refractivity contribution is 7.08. The van der Waals surface area contributed by atoms with Gasteiger partial charge in [0.05, 0.1) is 0 Å². The second kappa shape index (κ2) is 21.2. The van der Waals surface area contributed by atoms with E-state index in [1.165, 1.54) is 121 Å². The Hall–Kier alpha value is -0.630. The van der Waals surface area contributed by atoms with Crippen molar-refractivity contribution in [1.82, 2.24) is 0 Å². The van der Waals surface area contributed by atoms with Crippen LogP contribution in [0.25, 0.3) is 0 Å². The minimum atomic E-state index is 0.300. The van der Waals surface area contributed by atoms with Crippen molar-refractivity contribution in [3.63, 3.8) is 0 Å². The number of hydrogen-bond acceptors (Lipinski definition) is 2. The number of Topliss-reactive ketones (excluding diaryl/α,β-unsaturated/α-hetero) is 1. The molecule has 180 valence electrons. The van der Waals surface area contributed by atoms with Crippen LogP contribution in [0.5, 0.6) is 0 Å². The Morgan fingerprint density at radius 3 is 1.48 bits per heavy atom. The van der Waals surface area contributed by atoms with Crippen molar-refractivity contribution in [2.45, 2.75) is 149 Å². The van der Waals surface area contributed by atoms with Gasteiger partial charge in [0.1, 0.15) is 5.78 Å².